The first-order chi connectivity index (χ1) is 17.6. The second-order valence-corrected chi connectivity index (χ2v) is 45.2. The molecule has 0 aromatic rings. The molecule has 1 saturated heterocycles. The number of hydrogen-bond donors (Lipinski definition) is 0. The van der Waals surface area contributed by atoms with E-state index in [2.05, 4.69) is 41.5 Å². The predicted octanol–water partition coefficient (Wildman–Crippen LogP) is 11.5. The zero-order valence-corrected chi connectivity index (χ0v) is 31.6. The molecule has 4 heteroatoms. The molecule has 2 nitrogen and oxygen atoms in total. The van der Waals surface area contributed by atoms with Gasteiger partial charge in [0.25, 0.3) is 0 Å². The van der Waals surface area contributed by atoms with Crippen molar-refractivity contribution in [1.82, 2.24) is 0 Å². The molecule has 0 aromatic carbocycles. The third-order valence-corrected chi connectivity index (χ3v) is 66.1. The summed E-state index contributed by atoms with van der Waals surface area (Å²) in [6.45, 7) is 16.6. The summed E-state index contributed by atoms with van der Waals surface area (Å²) in [7, 11) is 0. The van der Waals surface area contributed by atoms with E-state index in [1.54, 1.807) is 26.6 Å². The van der Waals surface area contributed by atoms with Gasteiger partial charge in [-0.25, -0.2) is 0 Å². The normalized spacial score (nSPS) is 17.2. The van der Waals surface area contributed by atoms with Crippen molar-refractivity contribution in [2.45, 2.75) is 179 Å². The van der Waals surface area contributed by atoms with Crippen LogP contribution in [0.3, 0.4) is 0 Å². The van der Waals surface area contributed by atoms with E-state index in [0.717, 1.165) is 19.6 Å². The van der Waals surface area contributed by atoms with Crippen molar-refractivity contribution in [3.63, 3.8) is 0 Å². The van der Waals surface area contributed by atoms with Gasteiger partial charge in [-0.15, -0.1) is 0 Å². The summed E-state index contributed by atoms with van der Waals surface area (Å²) >= 11 is -4.78. The van der Waals surface area contributed by atoms with Crippen LogP contribution in [0.25, 0.3) is 0 Å². The Hall–Kier alpha value is 1.52. The topological polar surface area (TPSA) is 18.5 Å². The van der Waals surface area contributed by atoms with Gasteiger partial charge in [-0.2, -0.15) is 0 Å². The molecule has 0 spiro atoms. The van der Waals surface area contributed by atoms with Gasteiger partial charge in [0.2, 0.25) is 0 Å². The van der Waals surface area contributed by atoms with E-state index >= 15 is 0 Å². The fraction of sp³-hybridized carbons (Fsp3) is 1.00. The summed E-state index contributed by atoms with van der Waals surface area (Å²) < 4.78 is 24.0. The Bertz CT molecular complexity index is 417. The summed E-state index contributed by atoms with van der Waals surface area (Å²) in [6.07, 6.45) is 22.7. The SMILES string of the molecule is CCC[CH2][Sn]([CH2]CCC)([CH2]CCC)[CH](CCOC1CCCCO1)[Sn]([CH2]CCC)([CH2]CCC)[CH2]CCC. The maximum atomic E-state index is 6.58. The van der Waals surface area contributed by atoms with Crippen LogP contribution in [0.2, 0.25) is 28.6 Å². The molecule has 0 amide bonds. The minimum atomic E-state index is -2.39. The average Bonchev–Trinajstić information content (AvgIpc) is 2.92. The summed E-state index contributed by atoms with van der Waals surface area (Å²) in [6, 6.07) is 0. The molecular formula is C32H68O2Sn2. The third-order valence-electron chi connectivity index (χ3n) is 9.50. The molecule has 1 heterocycles. The van der Waals surface area contributed by atoms with Crippen molar-refractivity contribution in [3.8, 4) is 0 Å². The van der Waals surface area contributed by atoms with Crippen molar-refractivity contribution in [3.05, 3.63) is 0 Å². The van der Waals surface area contributed by atoms with Crippen LogP contribution in [0.1, 0.15) is 144 Å². The van der Waals surface area contributed by atoms with E-state index < -0.39 is 36.8 Å². The zero-order chi connectivity index (χ0) is 26.5. The van der Waals surface area contributed by atoms with Gasteiger partial charge in [-0.05, 0) is 0 Å². The van der Waals surface area contributed by atoms with Crippen LogP contribution < -0.4 is 0 Å². The van der Waals surface area contributed by atoms with Gasteiger partial charge < -0.3 is 0 Å². The molecule has 0 aromatic heterocycles. The van der Waals surface area contributed by atoms with Crippen LogP contribution in [0.4, 0.5) is 0 Å². The first-order valence-corrected chi connectivity index (χ1v) is 32.2. The Morgan fingerprint density at radius 3 is 1.31 bits per heavy atom. The van der Waals surface area contributed by atoms with Crippen molar-refractivity contribution >= 4 is 36.8 Å². The van der Waals surface area contributed by atoms with Crippen molar-refractivity contribution in [2.75, 3.05) is 13.2 Å². The molecular weight excluding hydrogens is 654 g/mol. The molecule has 216 valence electrons. The molecule has 0 saturated carbocycles. The summed E-state index contributed by atoms with van der Waals surface area (Å²) in [5, 5.41) is 0. The van der Waals surface area contributed by atoms with Crippen molar-refractivity contribution in [2.24, 2.45) is 0 Å². The van der Waals surface area contributed by atoms with Gasteiger partial charge in [-0.3, -0.25) is 0 Å². The minimum absolute atomic E-state index is 0.0949. The second kappa shape index (κ2) is 22.2. The van der Waals surface area contributed by atoms with Gasteiger partial charge in [0, 0.05) is 0 Å². The van der Waals surface area contributed by atoms with E-state index in [4.69, 9.17) is 9.47 Å². The molecule has 1 fully saturated rings. The molecule has 1 rings (SSSR count). The van der Waals surface area contributed by atoms with E-state index in [0.29, 0.717) is 0 Å². The first kappa shape index (κ1) is 35.5. The molecule has 0 radical (unpaired) electrons. The number of hydrogen-bond acceptors (Lipinski definition) is 2. The third kappa shape index (κ3) is 12.8. The predicted molar refractivity (Wildman–Crippen MR) is 168 cm³/mol. The van der Waals surface area contributed by atoms with Gasteiger partial charge in [0.05, 0.1) is 0 Å². The molecule has 0 bridgehead atoms. The number of rotatable bonds is 24. The number of unbranched alkanes of at least 4 members (excludes halogenated alkanes) is 6. The van der Waals surface area contributed by atoms with Crippen LogP contribution in [0.5, 0.6) is 0 Å². The Labute approximate surface area is 237 Å². The molecule has 1 aliphatic rings. The summed E-state index contributed by atoms with van der Waals surface area (Å²) in [5.41, 5.74) is 0. The van der Waals surface area contributed by atoms with Gasteiger partial charge in [0.15, 0.2) is 0 Å². The van der Waals surface area contributed by atoms with E-state index in [9.17, 15) is 0 Å². The summed E-state index contributed by atoms with van der Waals surface area (Å²) in [4.78, 5) is 0. The Balaban J connectivity index is 3.46. The Morgan fingerprint density at radius 1 is 0.611 bits per heavy atom. The zero-order valence-electron chi connectivity index (χ0n) is 25.9. The average molecular weight is 722 g/mol. The Kier molecular flexibility index (Phi) is 22.0. The first-order valence-electron chi connectivity index (χ1n) is 16.8. The van der Waals surface area contributed by atoms with Crippen LogP contribution in [-0.4, -0.2) is 56.3 Å². The number of ether oxygens (including phenoxy) is 2. The monoisotopic (exact) mass is 724 g/mol. The van der Waals surface area contributed by atoms with E-state index in [1.807, 2.05) is 0 Å². The van der Waals surface area contributed by atoms with E-state index in [1.165, 1.54) is 98.3 Å². The van der Waals surface area contributed by atoms with Crippen LogP contribution in [0, 0.1) is 0 Å². The molecule has 0 N–H and O–H groups in total. The fourth-order valence-corrected chi connectivity index (χ4v) is 85.1. The quantitative estimate of drug-likeness (QED) is 0.0924. The van der Waals surface area contributed by atoms with Crippen molar-refractivity contribution < 1.29 is 9.47 Å². The Morgan fingerprint density at radius 2 is 1.00 bits per heavy atom. The van der Waals surface area contributed by atoms with Crippen LogP contribution in [0.15, 0.2) is 0 Å². The van der Waals surface area contributed by atoms with Crippen LogP contribution in [-0.2, 0) is 9.47 Å². The molecule has 1 atom stereocenters. The van der Waals surface area contributed by atoms with E-state index in [-0.39, 0.29) is 6.29 Å². The molecule has 36 heavy (non-hydrogen) atoms. The van der Waals surface area contributed by atoms with Gasteiger partial charge in [-0.1, -0.05) is 0 Å². The fourth-order valence-electron chi connectivity index (χ4n) is 7.39. The second-order valence-electron chi connectivity index (χ2n) is 12.4. The standard InChI is InChI=1S/C8H14O2.6C4H9.2Sn/c1-2-6-9-8-5-3-4-7-10-8;6*1-3-4-2;;/h1,8H,2-7H2;6*1,3-4H2,2H3;;. The maximum absolute atomic E-state index is 6.58. The van der Waals surface area contributed by atoms with Gasteiger partial charge in [0.1, 0.15) is 0 Å². The molecule has 1 aliphatic heterocycles. The van der Waals surface area contributed by atoms with Gasteiger partial charge >= 0.3 is 239 Å². The summed E-state index contributed by atoms with van der Waals surface area (Å²) in [5.74, 6) is 0. The molecule has 0 aliphatic carbocycles. The van der Waals surface area contributed by atoms with Crippen LogP contribution >= 0.6 is 0 Å². The van der Waals surface area contributed by atoms with Crippen molar-refractivity contribution in [1.29, 1.82) is 0 Å². The molecule has 1 unspecified atom stereocenters.